The molecule has 1 aromatic rings. The molecule has 3 nitrogen and oxygen atoms in total. The molecule has 3 N–H and O–H groups in total. The predicted molar refractivity (Wildman–Crippen MR) is 73.2 cm³/mol. The molecule has 0 aliphatic rings. The van der Waals surface area contributed by atoms with Gasteiger partial charge in [0, 0.05) is 18.8 Å². The Kier molecular flexibility index (Phi) is 6.19. The van der Waals surface area contributed by atoms with Crippen LogP contribution < -0.4 is 5.32 Å². The lowest BCUT2D eigenvalue weighted by Gasteiger charge is -2.23. The average Bonchev–Trinajstić information content (AvgIpc) is 2.32. The summed E-state index contributed by atoms with van der Waals surface area (Å²) >= 11 is 1.52. The van der Waals surface area contributed by atoms with Gasteiger partial charge in [-0.25, -0.2) is 8.78 Å². The van der Waals surface area contributed by atoms with Crippen molar-refractivity contribution in [3.05, 3.63) is 35.4 Å². The number of aliphatic hydroxyl groups is 2. The third kappa shape index (κ3) is 5.44. The maximum Gasteiger partial charge on any atom is 0.159 e. The highest BCUT2D eigenvalue weighted by Crippen LogP contribution is 2.16. The molecule has 1 aromatic carbocycles. The van der Waals surface area contributed by atoms with Gasteiger partial charge in [0.15, 0.2) is 11.6 Å². The number of halogens is 2. The van der Waals surface area contributed by atoms with Crippen molar-refractivity contribution in [2.75, 3.05) is 25.1 Å². The van der Waals surface area contributed by atoms with Crippen molar-refractivity contribution in [1.29, 1.82) is 0 Å². The quantitative estimate of drug-likeness (QED) is 0.716. The zero-order valence-corrected chi connectivity index (χ0v) is 11.8. The molecule has 0 fully saturated rings. The van der Waals surface area contributed by atoms with Crippen LogP contribution in [0.3, 0.4) is 0 Å². The molecule has 0 spiro atoms. The van der Waals surface area contributed by atoms with Crippen LogP contribution in [0.25, 0.3) is 0 Å². The highest BCUT2D eigenvalue weighted by molar-refractivity contribution is 7.98. The van der Waals surface area contributed by atoms with Gasteiger partial charge in [-0.3, -0.25) is 0 Å². The summed E-state index contributed by atoms with van der Waals surface area (Å²) < 4.78 is 25.7. The summed E-state index contributed by atoms with van der Waals surface area (Å²) in [7, 11) is 0. The van der Waals surface area contributed by atoms with Gasteiger partial charge in [0.25, 0.3) is 0 Å². The minimum absolute atomic E-state index is 0.162. The van der Waals surface area contributed by atoms with E-state index in [1.165, 1.54) is 17.8 Å². The maximum atomic E-state index is 13.0. The van der Waals surface area contributed by atoms with E-state index in [1.807, 2.05) is 6.26 Å². The zero-order valence-electron chi connectivity index (χ0n) is 11.0. The van der Waals surface area contributed by atoms with E-state index >= 15 is 0 Å². The van der Waals surface area contributed by atoms with Gasteiger partial charge >= 0.3 is 0 Å². The van der Waals surface area contributed by atoms with Crippen LogP contribution in [0.1, 0.15) is 18.6 Å². The van der Waals surface area contributed by atoms with Crippen LogP contribution in [0.4, 0.5) is 8.78 Å². The number of benzene rings is 1. The second-order valence-electron chi connectivity index (χ2n) is 4.75. The van der Waals surface area contributed by atoms with Gasteiger partial charge in [0.1, 0.15) is 0 Å². The summed E-state index contributed by atoms with van der Waals surface area (Å²) in [6.45, 7) is 2.17. The molecule has 0 aromatic heterocycles. The van der Waals surface area contributed by atoms with E-state index < -0.39 is 23.3 Å². The third-order valence-corrected chi connectivity index (χ3v) is 3.54. The van der Waals surface area contributed by atoms with Crippen LogP contribution in [-0.4, -0.2) is 40.9 Å². The molecule has 0 amide bonds. The van der Waals surface area contributed by atoms with E-state index in [0.717, 1.165) is 12.1 Å². The van der Waals surface area contributed by atoms with Crippen molar-refractivity contribution in [2.45, 2.75) is 18.6 Å². The van der Waals surface area contributed by atoms with E-state index in [2.05, 4.69) is 5.32 Å². The van der Waals surface area contributed by atoms with Crippen LogP contribution in [-0.2, 0) is 0 Å². The van der Waals surface area contributed by atoms with Gasteiger partial charge in [-0.1, -0.05) is 6.07 Å². The molecular weight excluding hydrogens is 272 g/mol. The van der Waals surface area contributed by atoms with E-state index in [9.17, 15) is 19.0 Å². The lowest BCUT2D eigenvalue weighted by molar-refractivity contribution is 0.0786. The number of rotatable bonds is 7. The zero-order chi connectivity index (χ0) is 14.5. The second kappa shape index (κ2) is 7.19. The van der Waals surface area contributed by atoms with Gasteiger partial charge in [0.05, 0.1) is 11.7 Å². The monoisotopic (exact) mass is 291 g/mol. The molecule has 2 atom stereocenters. The molecule has 0 radical (unpaired) electrons. The van der Waals surface area contributed by atoms with Crippen LogP contribution in [0.2, 0.25) is 0 Å². The lowest BCUT2D eigenvalue weighted by atomic mass is 10.1. The van der Waals surface area contributed by atoms with Crippen molar-refractivity contribution in [3.8, 4) is 0 Å². The largest absolute Gasteiger partial charge is 0.388 e. The first kappa shape index (κ1) is 16.4. The molecule has 2 unspecified atom stereocenters. The molecule has 19 heavy (non-hydrogen) atoms. The van der Waals surface area contributed by atoms with Crippen molar-refractivity contribution < 1.29 is 19.0 Å². The number of aliphatic hydroxyl groups excluding tert-OH is 1. The lowest BCUT2D eigenvalue weighted by Crippen LogP contribution is -2.41. The summed E-state index contributed by atoms with van der Waals surface area (Å²) in [5, 5.41) is 22.6. The molecule has 0 bridgehead atoms. The van der Waals surface area contributed by atoms with Crippen LogP contribution in [0, 0.1) is 11.6 Å². The van der Waals surface area contributed by atoms with Gasteiger partial charge in [-0.15, -0.1) is 0 Å². The number of hydrogen-bond donors (Lipinski definition) is 3. The minimum Gasteiger partial charge on any atom is -0.388 e. The Labute approximate surface area is 116 Å². The van der Waals surface area contributed by atoms with Gasteiger partial charge in [-0.2, -0.15) is 11.8 Å². The first-order chi connectivity index (χ1) is 8.85. The number of hydrogen-bond acceptors (Lipinski definition) is 4. The summed E-state index contributed by atoms with van der Waals surface area (Å²) in [4.78, 5) is 0. The van der Waals surface area contributed by atoms with E-state index in [1.54, 1.807) is 6.92 Å². The Morgan fingerprint density at radius 3 is 2.63 bits per heavy atom. The fourth-order valence-electron chi connectivity index (χ4n) is 1.68. The fourth-order valence-corrected chi connectivity index (χ4v) is 2.40. The van der Waals surface area contributed by atoms with E-state index in [-0.39, 0.29) is 6.54 Å². The Hall–Kier alpha value is -0.690. The van der Waals surface area contributed by atoms with Gasteiger partial charge in [0.2, 0.25) is 0 Å². The normalized spacial score (nSPS) is 16.1. The molecule has 0 saturated carbocycles. The summed E-state index contributed by atoms with van der Waals surface area (Å²) in [6, 6.07) is 3.30. The molecule has 108 valence electrons. The highest BCUT2D eigenvalue weighted by atomic mass is 32.2. The number of thioether (sulfide) groups is 1. The molecule has 0 aliphatic heterocycles. The average molecular weight is 291 g/mol. The standard InChI is InChI=1S/C13H19F2NO2S/c1-13(18,8-19-2)7-16-6-12(17)9-3-4-10(14)11(15)5-9/h3-5,12,16-18H,6-8H2,1-2H3. The van der Waals surface area contributed by atoms with Gasteiger partial charge in [-0.05, 0) is 30.9 Å². The molecule has 0 heterocycles. The molecular formula is C13H19F2NO2S. The fraction of sp³-hybridized carbons (Fsp3) is 0.538. The second-order valence-corrected chi connectivity index (χ2v) is 5.62. The van der Waals surface area contributed by atoms with E-state index in [0.29, 0.717) is 17.9 Å². The summed E-state index contributed by atoms with van der Waals surface area (Å²) in [6.07, 6.45) is 0.949. The maximum absolute atomic E-state index is 13.0. The Balaban J connectivity index is 2.47. The van der Waals surface area contributed by atoms with Crippen LogP contribution >= 0.6 is 11.8 Å². The van der Waals surface area contributed by atoms with Crippen LogP contribution in [0.5, 0.6) is 0 Å². The molecule has 1 rings (SSSR count). The van der Waals surface area contributed by atoms with Crippen molar-refractivity contribution >= 4 is 11.8 Å². The minimum atomic E-state index is -0.981. The summed E-state index contributed by atoms with van der Waals surface area (Å²) in [5.74, 6) is -1.35. The predicted octanol–water partition coefficient (Wildman–Crippen LogP) is 1.70. The number of nitrogens with one attached hydrogen (secondary N) is 1. The summed E-state index contributed by atoms with van der Waals surface area (Å²) in [5.41, 5.74) is -0.566. The Morgan fingerprint density at radius 2 is 2.05 bits per heavy atom. The van der Waals surface area contributed by atoms with E-state index in [4.69, 9.17) is 0 Å². The third-order valence-electron chi connectivity index (χ3n) is 2.63. The first-order valence-electron chi connectivity index (χ1n) is 5.91. The van der Waals surface area contributed by atoms with Crippen molar-refractivity contribution in [3.63, 3.8) is 0 Å². The smallest absolute Gasteiger partial charge is 0.159 e. The van der Waals surface area contributed by atoms with Crippen LogP contribution in [0.15, 0.2) is 18.2 Å². The Bertz CT molecular complexity index is 416. The highest BCUT2D eigenvalue weighted by Gasteiger charge is 2.19. The van der Waals surface area contributed by atoms with Crippen molar-refractivity contribution in [2.24, 2.45) is 0 Å². The molecule has 0 saturated heterocycles. The SMILES string of the molecule is CSCC(C)(O)CNCC(O)c1ccc(F)c(F)c1. The molecule has 6 heteroatoms. The van der Waals surface area contributed by atoms with Crippen molar-refractivity contribution in [1.82, 2.24) is 5.32 Å². The van der Waals surface area contributed by atoms with Gasteiger partial charge < -0.3 is 15.5 Å². The Morgan fingerprint density at radius 1 is 1.37 bits per heavy atom. The molecule has 0 aliphatic carbocycles. The topological polar surface area (TPSA) is 52.5 Å². The first-order valence-corrected chi connectivity index (χ1v) is 7.30.